The molecule has 1 aliphatic heterocycles. The molecule has 9 nitrogen and oxygen atoms in total. The molecule has 0 unspecified atom stereocenters. The summed E-state index contributed by atoms with van der Waals surface area (Å²) in [6.07, 6.45) is 3.80. The summed E-state index contributed by atoms with van der Waals surface area (Å²) >= 11 is 1.39. The number of thiophene rings is 1. The van der Waals surface area contributed by atoms with Crippen LogP contribution in [0.1, 0.15) is 34.9 Å². The van der Waals surface area contributed by atoms with Gasteiger partial charge in [-0.25, -0.2) is 9.78 Å². The van der Waals surface area contributed by atoms with Crippen LogP contribution in [-0.4, -0.2) is 51.1 Å². The van der Waals surface area contributed by atoms with E-state index in [0.29, 0.717) is 16.9 Å². The first kappa shape index (κ1) is 19.3. The van der Waals surface area contributed by atoms with E-state index in [2.05, 4.69) is 24.6 Å². The first-order chi connectivity index (χ1) is 12.6. The number of nitrogens with zero attached hydrogens (tertiary/aromatic N) is 4. The van der Waals surface area contributed by atoms with Crippen molar-refractivity contribution >= 4 is 40.1 Å². The summed E-state index contributed by atoms with van der Waals surface area (Å²) in [7, 11) is 3.41. The smallest absolute Gasteiger partial charge is 0.348 e. The van der Waals surface area contributed by atoms with Gasteiger partial charge in [0.2, 0.25) is 5.95 Å². The minimum atomic E-state index is -0.337. The number of hydrogen-bond acceptors (Lipinski definition) is 7. The van der Waals surface area contributed by atoms with Crippen molar-refractivity contribution in [2.24, 2.45) is 7.05 Å². The Hall–Kier alpha value is -2.43. The number of carbonyl (C=O) groups excluding carboxylic acids is 1. The fraction of sp³-hybridized carbons (Fsp3) is 0.471. The molecule has 0 radical (unpaired) electrons. The van der Waals surface area contributed by atoms with E-state index in [1.807, 2.05) is 20.2 Å². The van der Waals surface area contributed by atoms with E-state index >= 15 is 0 Å². The highest BCUT2D eigenvalue weighted by molar-refractivity contribution is 7.14. The van der Waals surface area contributed by atoms with Gasteiger partial charge in [-0.05, 0) is 25.8 Å². The van der Waals surface area contributed by atoms with Crippen molar-refractivity contribution in [3.8, 4) is 0 Å². The zero-order valence-electron chi connectivity index (χ0n) is 15.5. The van der Waals surface area contributed by atoms with E-state index in [9.17, 15) is 4.79 Å². The highest BCUT2D eigenvalue weighted by Gasteiger charge is 2.24. The summed E-state index contributed by atoms with van der Waals surface area (Å²) in [6.45, 7) is 3.51. The average molecular weight is 395 g/mol. The highest BCUT2D eigenvalue weighted by Crippen LogP contribution is 2.31. The SMILES string of the molecule is COC(=O)c1cc(Nc2ncc3c(n2)n(C2CCOCC2)n3C)c(C)s1.O.[HH]. The van der Waals surface area contributed by atoms with Crippen LogP contribution in [-0.2, 0) is 16.5 Å². The fourth-order valence-electron chi connectivity index (χ4n) is 3.31. The van der Waals surface area contributed by atoms with Crippen molar-refractivity contribution in [2.75, 3.05) is 25.6 Å². The maximum Gasteiger partial charge on any atom is 0.348 e. The normalized spacial score (nSPS) is 14.9. The molecule has 10 heteroatoms. The van der Waals surface area contributed by atoms with E-state index in [4.69, 9.17) is 9.47 Å². The number of ether oxygens (including phenoxy) is 2. The molecule has 0 amide bonds. The number of rotatable bonds is 4. The van der Waals surface area contributed by atoms with Gasteiger partial charge in [0.05, 0.1) is 25.0 Å². The Morgan fingerprint density at radius 2 is 2.19 bits per heavy atom. The Kier molecular flexibility index (Phi) is 5.49. The molecule has 0 aliphatic carbocycles. The molecule has 4 heterocycles. The van der Waals surface area contributed by atoms with E-state index in [1.54, 1.807) is 6.07 Å². The number of aromatic nitrogens is 4. The van der Waals surface area contributed by atoms with Crippen molar-refractivity contribution < 1.29 is 21.2 Å². The van der Waals surface area contributed by atoms with Gasteiger partial charge in [-0.2, -0.15) is 4.98 Å². The van der Waals surface area contributed by atoms with Crippen LogP contribution < -0.4 is 5.32 Å². The standard InChI is InChI=1S/C17H21N5O3S.H2O.H2/c1-10-12(8-14(26-10)16(23)24-3)19-17-18-9-13-15(20-17)22(21(13)2)11-4-6-25-7-5-11;;/h8-9,11H,4-7H2,1-3H3,(H,18,19,20);1H2;1H. The van der Waals surface area contributed by atoms with Crippen LogP contribution in [0, 0.1) is 6.92 Å². The predicted octanol–water partition coefficient (Wildman–Crippen LogP) is 2.44. The second-order valence-electron chi connectivity index (χ2n) is 6.31. The Bertz CT molecular complexity index is 960. The quantitative estimate of drug-likeness (QED) is 0.679. The molecule has 27 heavy (non-hydrogen) atoms. The molecule has 1 aliphatic rings. The number of fused-ring (bicyclic) bond motifs is 1. The van der Waals surface area contributed by atoms with E-state index in [1.165, 1.54) is 18.4 Å². The maximum atomic E-state index is 11.7. The van der Waals surface area contributed by atoms with Gasteiger partial charge in [-0.1, -0.05) is 0 Å². The first-order valence-corrected chi connectivity index (χ1v) is 9.33. The van der Waals surface area contributed by atoms with Gasteiger partial charge in [0.15, 0.2) is 5.65 Å². The lowest BCUT2D eigenvalue weighted by Crippen LogP contribution is -2.30. The average Bonchev–Trinajstić information content (AvgIpc) is 3.02. The number of anilines is 2. The molecule has 3 N–H and O–H groups in total. The molecular formula is C17H25N5O4S. The van der Waals surface area contributed by atoms with Crippen molar-refractivity contribution in [3.05, 3.63) is 22.0 Å². The molecule has 0 aromatic carbocycles. The van der Waals surface area contributed by atoms with Crippen LogP contribution in [0.5, 0.6) is 0 Å². The third-order valence-corrected chi connectivity index (χ3v) is 5.76. The minimum Gasteiger partial charge on any atom is -0.465 e. The largest absolute Gasteiger partial charge is 0.465 e. The van der Waals surface area contributed by atoms with Gasteiger partial charge >= 0.3 is 5.97 Å². The number of carbonyl (C=O) groups is 1. The molecule has 3 aromatic rings. The zero-order valence-corrected chi connectivity index (χ0v) is 16.3. The van der Waals surface area contributed by atoms with Gasteiger partial charge in [-0.15, -0.1) is 11.3 Å². The van der Waals surface area contributed by atoms with Crippen LogP contribution >= 0.6 is 11.3 Å². The third-order valence-electron chi connectivity index (χ3n) is 4.73. The molecule has 0 saturated carbocycles. The molecule has 0 spiro atoms. The van der Waals surface area contributed by atoms with Gasteiger partial charge in [0.1, 0.15) is 10.4 Å². The summed E-state index contributed by atoms with van der Waals surface area (Å²) in [5.41, 5.74) is 2.76. The number of hydrogen-bond donors (Lipinski definition) is 1. The lowest BCUT2D eigenvalue weighted by Gasteiger charge is -2.32. The van der Waals surface area contributed by atoms with Gasteiger partial charge in [-0.3, -0.25) is 9.36 Å². The molecule has 4 rings (SSSR count). The van der Waals surface area contributed by atoms with Crippen LogP contribution in [0.2, 0.25) is 0 Å². The monoisotopic (exact) mass is 395 g/mol. The first-order valence-electron chi connectivity index (χ1n) is 8.52. The Balaban J connectivity index is 0.00000140. The maximum absolute atomic E-state index is 11.7. The second kappa shape index (κ2) is 7.67. The van der Waals surface area contributed by atoms with E-state index in [0.717, 1.165) is 47.8 Å². The van der Waals surface area contributed by atoms with Crippen molar-refractivity contribution in [2.45, 2.75) is 25.8 Å². The molecular weight excluding hydrogens is 370 g/mol. The minimum absolute atomic E-state index is 0. The summed E-state index contributed by atoms with van der Waals surface area (Å²) in [4.78, 5) is 22.3. The molecule has 3 aromatic heterocycles. The topological polar surface area (TPSA) is 115 Å². The molecule has 0 bridgehead atoms. The lowest BCUT2D eigenvalue weighted by atomic mass is 10.1. The third kappa shape index (κ3) is 3.43. The number of methoxy groups -OCH3 is 1. The Morgan fingerprint density at radius 1 is 1.44 bits per heavy atom. The van der Waals surface area contributed by atoms with Crippen LogP contribution in [0.25, 0.3) is 11.2 Å². The van der Waals surface area contributed by atoms with Gasteiger partial charge in [0.25, 0.3) is 0 Å². The number of aryl methyl sites for hydroxylation is 2. The summed E-state index contributed by atoms with van der Waals surface area (Å²) in [6, 6.07) is 2.18. The van der Waals surface area contributed by atoms with Gasteiger partial charge in [0, 0.05) is 26.6 Å². The molecule has 148 valence electrons. The summed E-state index contributed by atoms with van der Waals surface area (Å²) in [5.74, 6) is 0.183. The van der Waals surface area contributed by atoms with Crippen LogP contribution in [0.3, 0.4) is 0 Å². The molecule has 1 fully saturated rings. The Labute approximate surface area is 161 Å². The molecule has 0 atom stereocenters. The fourth-order valence-corrected chi connectivity index (χ4v) is 4.21. The number of esters is 1. The Morgan fingerprint density at radius 3 is 2.89 bits per heavy atom. The van der Waals surface area contributed by atoms with Crippen LogP contribution in [0.15, 0.2) is 12.3 Å². The number of nitrogens with one attached hydrogen (secondary N) is 1. The van der Waals surface area contributed by atoms with E-state index < -0.39 is 0 Å². The van der Waals surface area contributed by atoms with Crippen molar-refractivity contribution in [1.29, 1.82) is 0 Å². The summed E-state index contributed by atoms with van der Waals surface area (Å²) < 4.78 is 14.6. The van der Waals surface area contributed by atoms with Gasteiger partial charge < -0.3 is 20.3 Å². The summed E-state index contributed by atoms with van der Waals surface area (Å²) in [5, 5.41) is 3.22. The lowest BCUT2D eigenvalue weighted by molar-refractivity contribution is 0.0606. The molecule has 1 saturated heterocycles. The van der Waals surface area contributed by atoms with Crippen molar-refractivity contribution in [1.82, 2.24) is 19.3 Å². The van der Waals surface area contributed by atoms with E-state index in [-0.39, 0.29) is 12.9 Å². The highest BCUT2D eigenvalue weighted by atomic mass is 32.1. The second-order valence-corrected chi connectivity index (χ2v) is 7.57. The van der Waals surface area contributed by atoms with Crippen LogP contribution in [0.4, 0.5) is 11.6 Å². The predicted molar refractivity (Wildman–Crippen MR) is 105 cm³/mol. The zero-order chi connectivity index (χ0) is 18.3. The van der Waals surface area contributed by atoms with Crippen molar-refractivity contribution in [3.63, 3.8) is 0 Å².